The van der Waals surface area contributed by atoms with Crippen LogP contribution in [0, 0.1) is 0 Å². The lowest BCUT2D eigenvalue weighted by atomic mass is 10.3. The lowest BCUT2D eigenvalue weighted by Crippen LogP contribution is -2.14. The van der Waals surface area contributed by atoms with Gasteiger partial charge in [0.05, 0.1) is 18.7 Å². The molecule has 0 saturated heterocycles. The quantitative estimate of drug-likeness (QED) is 0.765. The van der Waals surface area contributed by atoms with Crippen LogP contribution in [0.15, 0.2) is 54.7 Å². The zero-order chi connectivity index (χ0) is 16.5. The van der Waals surface area contributed by atoms with Crippen LogP contribution in [-0.2, 0) is 9.59 Å². The molecule has 0 fully saturated rings. The van der Waals surface area contributed by atoms with Crippen molar-refractivity contribution < 1.29 is 14.3 Å². The van der Waals surface area contributed by atoms with E-state index in [0.717, 1.165) is 0 Å². The third-order valence-electron chi connectivity index (χ3n) is 2.83. The molecule has 2 aromatic rings. The van der Waals surface area contributed by atoms with Gasteiger partial charge in [0.15, 0.2) is 0 Å². The van der Waals surface area contributed by atoms with Crippen molar-refractivity contribution in [2.24, 2.45) is 5.73 Å². The predicted molar refractivity (Wildman–Crippen MR) is 87.6 cm³/mol. The molecule has 1 heterocycles. The summed E-state index contributed by atoms with van der Waals surface area (Å²) in [6, 6.07) is 12.3. The molecule has 1 aromatic heterocycles. The largest absolute Gasteiger partial charge is 0.493 e. The highest BCUT2D eigenvalue weighted by Gasteiger charge is 2.00. The number of carbonyl (C=O) groups excluding carboxylic acids is 2. The number of benzene rings is 1. The van der Waals surface area contributed by atoms with Crippen LogP contribution in [0.4, 0.5) is 5.69 Å². The van der Waals surface area contributed by atoms with Gasteiger partial charge in [-0.25, -0.2) is 0 Å². The van der Waals surface area contributed by atoms with E-state index in [1.165, 1.54) is 6.08 Å². The number of nitrogens with two attached hydrogens (primary N) is 1. The van der Waals surface area contributed by atoms with Crippen LogP contribution in [0.1, 0.15) is 12.1 Å². The summed E-state index contributed by atoms with van der Waals surface area (Å²) in [5.41, 5.74) is 6.38. The summed E-state index contributed by atoms with van der Waals surface area (Å²) < 4.78 is 5.35. The number of nitrogens with one attached hydrogen (secondary N) is 1. The molecular weight excluding hydrogens is 294 g/mol. The molecule has 0 aliphatic carbocycles. The first-order valence-corrected chi connectivity index (χ1v) is 7.05. The van der Waals surface area contributed by atoms with Gasteiger partial charge in [0, 0.05) is 18.0 Å². The van der Waals surface area contributed by atoms with E-state index < -0.39 is 5.91 Å². The van der Waals surface area contributed by atoms with Crippen molar-refractivity contribution in [3.05, 3.63) is 60.4 Å². The van der Waals surface area contributed by atoms with Gasteiger partial charge >= 0.3 is 0 Å². The van der Waals surface area contributed by atoms with Gasteiger partial charge in [-0.1, -0.05) is 6.07 Å². The van der Waals surface area contributed by atoms with Gasteiger partial charge in [-0.05, 0) is 42.5 Å². The van der Waals surface area contributed by atoms with Crippen molar-refractivity contribution >= 4 is 23.6 Å². The van der Waals surface area contributed by atoms with Crippen LogP contribution in [0.5, 0.6) is 5.75 Å². The average molecular weight is 311 g/mol. The van der Waals surface area contributed by atoms with Crippen LogP contribution < -0.4 is 15.8 Å². The van der Waals surface area contributed by atoms with E-state index >= 15 is 0 Å². The second-order valence-electron chi connectivity index (χ2n) is 4.67. The van der Waals surface area contributed by atoms with Crippen molar-refractivity contribution in [2.45, 2.75) is 6.42 Å². The maximum atomic E-state index is 11.8. The molecule has 118 valence electrons. The summed E-state index contributed by atoms with van der Waals surface area (Å²) in [7, 11) is 0. The number of aromatic nitrogens is 1. The highest BCUT2D eigenvalue weighted by atomic mass is 16.5. The zero-order valence-corrected chi connectivity index (χ0v) is 12.4. The Kier molecular flexibility index (Phi) is 5.88. The molecule has 0 radical (unpaired) electrons. The maximum Gasteiger partial charge on any atom is 0.248 e. The van der Waals surface area contributed by atoms with Crippen molar-refractivity contribution in [1.29, 1.82) is 0 Å². The second-order valence-corrected chi connectivity index (χ2v) is 4.67. The van der Waals surface area contributed by atoms with E-state index in [-0.39, 0.29) is 18.9 Å². The Bertz CT molecular complexity index is 682. The molecule has 0 bridgehead atoms. The first kappa shape index (κ1) is 16.2. The van der Waals surface area contributed by atoms with Gasteiger partial charge in [0.25, 0.3) is 0 Å². The number of rotatable bonds is 7. The molecule has 2 rings (SSSR count). The molecule has 0 unspecified atom stereocenters. The van der Waals surface area contributed by atoms with E-state index in [2.05, 4.69) is 10.3 Å². The summed E-state index contributed by atoms with van der Waals surface area (Å²) in [5.74, 6) is -0.0556. The molecule has 0 spiro atoms. The number of hydrogen-bond donors (Lipinski definition) is 2. The van der Waals surface area contributed by atoms with Crippen LogP contribution >= 0.6 is 0 Å². The number of carbonyl (C=O) groups is 2. The molecule has 0 saturated carbocycles. The Morgan fingerprint density at radius 1 is 1.17 bits per heavy atom. The van der Waals surface area contributed by atoms with Crippen LogP contribution in [-0.4, -0.2) is 23.4 Å². The van der Waals surface area contributed by atoms with Gasteiger partial charge < -0.3 is 15.8 Å². The Balaban J connectivity index is 1.84. The minimum absolute atomic E-state index is 0.163. The fourth-order valence-electron chi connectivity index (χ4n) is 1.72. The third kappa shape index (κ3) is 6.01. The van der Waals surface area contributed by atoms with E-state index in [1.54, 1.807) is 36.5 Å². The summed E-state index contributed by atoms with van der Waals surface area (Å²) in [5, 5.41) is 2.73. The molecule has 0 aliphatic rings. The Morgan fingerprint density at radius 3 is 2.61 bits per heavy atom. The summed E-state index contributed by atoms with van der Waals surface area (Å²) in [6.45, 7) is 0.230. The molecule has 0 aliphatic heterocycles. The topological polar surface area (TPSA) is 94.3 Å². The number of primary amides is 1. The highest BCUT2D eigenvalue weighted by molar-refractivity contribution is 6.01. The van der Waals surface area contributed by atoms with Crippen LogP contribution in [0.25, 0.3) is 6.08 Å². The Morgan fingerprint density at radius 2 is 1.96 bits per heavy atom. The lowest BCUT2D eigenvalue weighted by Gasteiger charge is -2.06. The summed E-state index contributed by atoms with van der Waals surface area (Å²) in [4.78, 5) is 26.5. The standard InChI is InChI=1S/C17H17N3O3/c18-16(21)10-12-23-15-7-4-14(5-8-15)20-17(22)9-6-13-3-1-2-11-19-13/h1-9,11H,10,12H2,(H2,18,21)(H,20,22)/b9-6+. The van der Waals surface area contributed by atoms with Gasteiger partial charge in [0.2, 0.25) is 11.8 Å². The zero-order valence-electron chi connectivity index (χ0n) is 12.4. The maximum absolute atomic E-state index is 11.8. The minimum Gasteiger partial charge on any atom is -0.493 e. The monoisotopic (exact) mass is 311 g/mol. The van der Waals surface area contributed by atoms with Crippen molar-refractivity contribution in [3.8, 4) is 5.75 Å². The number of anilines is 1. The third-order valence-corrected chi connectivity index (χ3v) is 2.83. The summed E-state index contributed by atoms with van der Waals surface area (Å²) in [6.07, 6.45) is 4.88. The van der Waals surface area contributed by atoms with Crippen molar-refractivity contribution in [3.63, 3.8) is 0 Å². The fraction of sp³-hybridized carbons (Fsp3) is 0.118. The van der Waals surface area contributed by atoms with Gasteiger partial charge in [-0.3, -0.25) is 14.6 Å². The molecule has 3 N–H and O–H groups in total. The van der Waals surface area contributed by atoms with E-state index in [4.69, 9.17) is 10.5 Å². The van der Waals surface area contributed by atoms with Crippen LogP contribution in [0.2, 0.25) is 0 Å². The van der Waals surface area contributed by atoms with E-state index in [9.17, 15) is 9.59 Å². The van der Waals surface area contributed by atoms with Crippen molar-refractivity contribution in [1.82, 2.24) is 4.98 Å². The molecule has 6 nitrogen and oxygen atoms in total. The van der Waals surface area contributed by atoms with E-state index in [1.807, 2.05) is 18.2 Å². The smallest absolute Gasteiger partial charge is 0.248 e. The number of pyridine rings is 1. The van der Waals surface area contributed by atoms with Gasteiger partial charge in [0.1, 0.15) is 5.75 Å². The Hall–Kier alpha value is -3.15. The number of hydrogen-bond acceptors (Lipinski definition) is 4. The van der Waals surface area contributed by atoms with Crippen LogP contribution in [0.3, 0.4) is 0 Å². The first-order valence-electron chi connectivity index (χ1n) is 7.05. The van der Waals surface area contributed by atoms with Gasteiger partial charge in [-0.2, -0.15) is 0 Å². The predicted octanol–water partition coefficient (Wildman–Crippen LogP) is 1.99. The number of ether oxygens (including phenoxy) is 1. The Labute approximate surface area is 134 Å². The highest BCUT2D eigenvalue weighted by Crippen LogP contribution is 2.16. The summed E-state index contributed by atoms with van der Waals surface area (Å²) >= 11 is 0. The molecule has 23 heavy (non-hydrogen) atoms. The molecular formula is C17H17N3O3. The second kappa shape index (κ2) is 8.33. The number of amides is 2. The lowest BCUT2D eigenvalue weighted by molar-refractivity contribution is -0.118. The first-order chi connectivity index (χ1) is 11.1. The van der Waals surface area contributed by atoms with E-state index in [0.29, 0.717) is 17.1 Å². The number of nitrogens with zero attached hydrogens (tertiary/aromatic N) is 1. The molecule has 1 aromatic carbocycles. The molecule has 6 heteroatoms. The van der Waals surface area contributed by atoms with Crippen molar-refractivity contribution in [2.75, 3.05) is 11.9 Å². The SMILES string of the molecule is NC(=O)CCOc1ccc(NC(=O)/C=C/c2ccccn2)cc1. The normalized spacial score (nSPS) is 10.4. The van der Waals surface area contributed by atoms with Gasteiger partial charge in [-0.15, -0.1) is 0 Å². The molecule has 0 atom stereocenters. The minimum atomic E-state index is -0.409. The fourth-order valence-corrected chi connectivity index (χ4v) is 1.72. The molecule has 2 amide bonds. The average Bonchev–Trinajstić information content (AvgIpc) is 2.55.